The number of hydrogen-bond acceptors (Lipinski definition) is 4. The number of amides is 1. The van der Waals surface area contributed by atoms with E-state index >= 15 is 0 Å². The van der Waals surface area contributed by atoms with Gasteiger partial charge >= 0.3 is 0 Å². The van der Waals surface area contributed by atoms with Gasteiger partial charge in [-0.15, -0.1) is 0 Å². The average molecular weight is 310 g/mol. The van der Waals surface area contributed by atoms with Gasteiger partial charge in [0.1, 0.15) is 11.4 Å². The fourth-order valence-corrected chi connectivity index (χ4v) is 2.01. The molecule has 1 aromatic carbocycles. The quantitative estimate of drug-likeness (QED) is 0.842. The van der Waals surface area contributed by atoms with Crippen LogP contribution in [0.1, 0.15) is 5.56 Å². The van der Waals surface area contributed by atoms with Crippen molar-refractivity contribution in [2.24, 2.45) is 10.7 Å². The molecule has 0 unspecified atom stereocenters. The fourth-order valence-electron chi connectivity index (χ4n) is 1.63. The molecule has 0 spiro atoms. The summed E-state index contributed by atoms with van der Waals surface area (Å²) in [6.07, 6.45) is 1.70. The molecule has 1 aliphatic heterocycles. The highest BCUT2D eigenvalue weighted by Crippen LogP contribution is 2.26. The number of hydrogen-bond donors (Lipinski definition) is 1. The lowest BCUT2D eigenvalue weighted by Crippen LogP contribution is -2.28. The number of halogens is 1. The minimum Gasteiger partial charge on any atom is -0.496 e. The molecule has 2 rings (SSSR count). The van der Waals surface area contributed by atoms with Crippen molar-refractivity contribution in [1.82, 2.24) is 4.90 Å². The van der Waals surface area contributed by atoms with Crippen molar-refractivity contribution in [3.8, 4) is 5.75 Å². The zero-order chi connectivity index (χ0) is 13.3. The number of nitrogens with zero attached hydrogens (tertiary/aromatic N) is 2. The van der Waals surface area contributed by atoms with Crippen LogP contribution in [0.3, 0.4) is 0 Å². The Bertz CT molecular complexity index is 566. The minimum atomic E-state index is -0.350. The molecule has 0 radical (unpaired) electrons. The van der Waals surface area contributed by atoms with Crippen LogP contribution in [0.15, 0.2) is 33.4 Å². The second-order valence-electron chi connectivity index (χ2n) is 3.75. The summed E-state index contributed by atoms with van der Waals surface area (Å²) < 4.78 is 6.14. The number of carbonyl (C=O) groups excluding carboxylic acids is 1. The normalized spacial score (nSPS) is 17.3. The molecule has 1 aromatic rings. The second-order valence-corrected chi connectivity index (χ2v) is 4.67. The second kappa shape index (κ2) is 4.81. The maximum Gasteiger partial charge on any atom is 0.296 e. The first-order chi connectivity index (χ1) is 8.52. The molecule has 2 N–H and O–H groups in total. The first-order valence-corrected chi connectivity index (χ1v) is 5.99. The van der Waals surface area contributed by atoms with Crippen LogP contribution in [0.4, 0.5) is 0 Å². The highest BCUT2D eigenvalue weighted by Gasteiger charge is 2.24. The zero-order valence-electron chi connectivity index (χ0n) is 9.98. The van der Waals surface area contributed by atoms with E-state index < -0.39 is 0 Å². The molecule has 5 nitrogen and oxygen atoms in total. The van der Waals surface area contributed by atoms with Crippen molar-refractivity contribution in [2.45, 2.75) is 0 Å². The Hall–Kier alpha value is -1.82. The van der Waals surface area contributed by atoms with Crippen LogP contribution in [-0.4, -0.2) is 30.9 Å². The molecule has 18 heavy (non-hydrogen) atoms. The highest BCUT2D eigenvalue weighted by atomic mass is 79.9. The van der Waals surface area contributed by atoms with Crippen molar-refractivity contribution in [1.29, 1.82) is 0 Å². The van der Waals surface area contributed by atoms with Crippen LogP contribution in [0.25, 0.3) is 6.08 Å². The molecule has 1 heterocycles. The summed E-state index contributed by atoms with van der Waals surface area (Å²) in [6.45, 7) is 0. The summed E-state index contributed by atoms with van der Waals surface area (Å²) in [5.74, 6) is 0.523. The van der Waals surface area contributed by atoms with Crippen LogP contribution in [0.2, 0.25) is 0 Å². The summed E-state index contributed by atoms with van der Waals surface area (Å²) in [4.78, 5) is 16.9. The number of guanidine groups is 1. The average Bonchev–Trinajstić information content (AvgIpc) is 2.56. The molecule has 0 bridgehead atoms. The number of aliphatic imine (C=N–C) groups is 1. The van der Waals surface area contributed by atoms with Crippen LogP contribution >= 0.6 is 15.9 Å². The van der Waals surface area contributed by atoms with E-state index in [9.17, 15) is 4.79 Å². The Balaban J connectivity index is 2.45. The lowest BCUT2D eigenvalue weighted by atomic mass is 10.1. The molecule has 0 saturated heterocycles. The summed E-state index contributed by atoms with van der Waals surface area (Å²) in [5, 5.41) is 0. The predicted octanol–water partition coefficient (Wildman–Crippen LogP) is 1.59. The number of benzene rings is 1. The Morgan fingerprint density at radius 2 is 2.22 bits per heavy atom. The van der Waals surface area contributed by atoms with Crippen LogP contribution < -0.4 is 10.5 Å². The topological polar surface area (TPSA) is 67.9 Å². The van der Waals surface area contributed by atoms with Gasteiger partial charge in [-0.05, 0) is 24.3 Å². The largest absolute Gasteiger partial charge is 0.496 e. The maximum absolute atomic E-state index is 11.7. The molecule has 94 valence electrons. The van der Waals surface area contributed by atoms with Gasteiger partial charge in [-0.2, -0.15) is 4.99 Å². The van der Waals surface area contributed by atoms with E-state index in [-0.39, 0.29) is 11.9 Å². The molecule has 1 aliphatic rings. The molecule has 0 aliphatic carbocycles. The lowest BCUT2D eigenvalue weighted by molar-refractivity contribution is -0.114. The van der Waals surface area contributed by atoms with Crippen molar-refractivity contribution in [3.63, 3.8) is 0 Å². The SMILES string of the molecule is COc1ccc(Br)cc1/C=C1/C(=O)N=C(N)N1C. The van der Waals surface area contributed by atoms with Crippen LogP contribution in [0, 0.1) is 0 Å². The molecule has 0 atom stereocenters. The smallest absolute Gasteiger partial charge is 0.296 e. The Morgan fingerprint density at radius 1 is 1.50 bits per heavy atom. The van der Waals surface area contributed by atoms with Crippen molar-refractivity contribution in [2.75, 3.05) is 14.2 Å². The summed E-state index contributed by atoms with van der Waals surface area (Å²) in [6, 6.07) is 5.55. The van der Waals surface area contributed by atoms with E-state index in [0.29, 0.717) is 11.4 Å². The van der Waals surface area contributed by atoms with E-state index in [2.05, 4.69) is 20.9 Å². The zero-order valence-corrected chi connectivity index (χ0v) is 11.6. The molecule has 6 heteroatoms. The summed E-state index contributed by atoms with van der Waals surface area (Å²) in [7, 11) is 3.27. The van der Waals surface area contributed by atoms with Gasteiger partial charge in [-0.25, -0.2) is 0 Å². The van der Waals surface area contributed by atoms with Gasteiger partial charge < -0.3 is 15.4 Å². The molecule has 0 aromatic heterocycles. The number of nitrogens with two attached hydrogens (primary N) is 1. The Morgan fingerprint density at radius 3 is 2.78 bits per heavy atom. The monoisotopic (exact) mass is 309 g/mol. The van der Waals surface area contributed by atoms with Crippen molar-refractivity contribution < 1.29 is 9.53 Å². The van der Waals surface area contributed by atoms with Gasteiger partial charge in [0.15, 0.2) is 0 Å². The molecular formula is C12H12BrN3O2. The summed E-state index contributed by atoms with van der Waals surface area (Å²) >= 11 is 3.38. The standard InChI is InChI=1S/C12H12BrN3O2/c1-16-9(11(17)15-12(16)14)6-7-5-8(13)3-4-10(7)18-2/h3-6H,1-2H3,(H2,14,15,17)/b9-6-. The maximum atomic E-state index is 11.7. The first kappa shape index (κ1) is 12.6. The highest BCUT2D eigenvalue weighted by molar-refractivity contribution is 9.10. The number of ether oxygens (including phenoxy) is 1. The minimum absolute atomic E-state index is 0.195. The van der Waals surface area contributed by atoms with E-state index in [1.54, 1.807) is 25.1 Å². The van der Waals surface area contributed by atoms with Gasteiger partial charge in [0.25, 0.3) is 5.91 Å². The predicted molar refractivity (Wildman–Crippen MR) is 73.1 cm³/mol. The van der Waals surface area contributed by atoms with Gasteiger partial charge in [0.2, 0.25) is 5.96 Å². The van der Waals surface area contributed by atoms with Crippen LogP contribution in [0.5, 0.6) is 5.75 Å². The molecule has 0 fully saturated rings. The fraction of sp³-hybridized carbons (Fsp3) is 0.167. The van der Waals surface area contributed by atoms with Gasteiger partial charge in [-0.1, -0.05) is 15.9 Å². The van der Waals surface area contributed by atoms with Crippen LogP contribution in [-0.2, 0) is 4.79 Å². The third-order valence-electron chi connectivity index (χ3n) is 2.62. The van der Waals surface area contributed by atoms with Gasteiger partial charge in [-0.3, -0.25) is 4.79 Å². The van der Waals surface area contributed by atoms with E-state index in [1.807, 2.05) is 18.2 Å². The summed E-state index contributed by atoms with van der Waals surface area (Å²) in [5.41, 5.74) is 6.79. The molecule has 1 amide bonds. The van der Waals surface area contributed by atoms with Gasteiger partial charge in [0, 0.05) is 17.1 Å². The van der Waals surface area contributed by atoms with Gasteiger partial charge in [0.05, 0.1) is 7.11 Å². The Labute approximate surface area is 113 Å². The first-order valence-electron chi connectivity index (χ1n) is 5.20. The third kappa shape index (κ3) is 2.24. The number of methoxy groups -OCH3 is 1. The lowest BCUT2D eigenvalue weighted by Gasteiger charge is -2.12. The van der Waals surface area contributed by atoms with E-state index in [4.69, 9.17) is 10.5 Å². The van der Waals surface area contributed by atoms with E-state index in [0.717, 1.165) is 10.0 Å². The molecule has 0 saturated carbocycles. The Kier molecular flexibility index (Phi) is 3.38. The number of rotatable bonds is 2. The molecular weight excluding hydrogens is 298 g/mol. The number of likely N-dealkylation sites (N-methyl/N-ethyl adjacent to an activating group) is 1. The van der Waals surface area contributed by atoms with Crippen molar-refractivity contribution >= 4 is 33.9 Å². The number of carbonyl (C=O) groups is 1. The van der Waals surface area contributed by atoms with Crippen molar-refractivity contribution in [3.05, 3.63) is 33.9 Å². The third-order valence-corrected chi connectivity index (χ3v) is 3.12. The van der Waals surface area contributed by atoms with E-state index in [1.165, 1.54) is 0 Å².